The summed E-state index contributed by atoms with van der Waals surface area (Å²) in [6.45, 7) is 5.47. The molecule has 1 aromatic carbocycles. The minimum atomic E-state index is 0.242. The Labute approximate surface area is 151 Å². The van der Waals surface area contributed by atoms with Crippen molar-refractivity contribution in [2.24, 2.45) is 0 Å². The summed E-state index contributed by atoms with van der Waals surface area (Å²) < 4.78 is 0. The van der Waals surface area contributed by atoms with Gasteiger partial charge in [-0.25, -0.2) is 0 Å². The molecule has 0 radical (unpaired) electrons. The van der Waals surface area contributed by atoms with Crippen LogP contribution in [0.15, 0.2) is 24.3 Å². The Morgan fingerprint density at radius 3 is 2.52 bits per heavy atom. The molecule has 0 aliphatic carbocycles. The van der Waals surface area contributed by atoms with Crippen LogP contribution in [0.25, 0.3) is 0 Å². The van der Waals surface area contributed by atoms with Crippen molar-refractivity contribution in [3.05, 3.63) is 35.4 Å². The standard InChI is InChI=1S/C21H31N3O/c1-22-11-5-9-19(22)20-10-6-14-24(20)21(25)18-8-4-7-17(15-18)16-23-12-2-3-13-23/h4,7-8,15,19-20H,2-3,5-6,9-14,16H2,1H3/t19-,20-/m1/s1. The quantitative estimate of drug-likeness (QED) is 0.842. The Hall–Kier alpha value is -1.39. The summed E-state index contributed by atoms with van der Waals surface area (Å²) in [7, 11) is 2.22. The summed E-state index contributed by atoms with van der Waals surface area (Å²) in [4.78, 5) is 20.3. The van der Waals surface area contributed by atoms with Gasteiger partial charge in [-0.2, -0.15) is 0 Å². The highest BCUT2D eigenvalue weighted by atomic mass is 16.2. The maximum Gasteiger partial charge on any atom is 0.254 e. The average molecular weight is 341 g/mol. The maximum atomic E-state index is 13.2. The van der Waals surface area contributed by atoms with Crippen molar-refractivity contribution in [2.45, 2.75) is 57.2 Å². The Kier molecular flexibility index (Phi) is 5.09. The van der Waals surface area contributed by atoms with E-state index in [2.05, 4.69) is 39.9 Å². The smallest absolute Gasteiger partial charge is 0.254 e. The third kappa shape index (κ3) is 3.61. The molecule has 0 bridgehead atoms. The van der Waals surface area contributed by atoms with E-state index >= 15 is 0 Å². The van der Waals surface area contributed by atoms with E-state index < -0.39 is 0 Å². The normalized spacial score (nSPS) is 28.1. The highest BCUT2D eigenvalue weighted by Gasteiger charge is 2.38. The van der Waals surface area contributed by atoms with E-state index in [1.54, 1.807) is 0 Å². The van der Waals surface area contributed by atoms with Gasteiger partial charge in [0.25, 0.3) is 5.91 Å². The highest BCUT2D eigenvalue weighted by Crippen LogP contribution is 2.30. The lowest BCUT2D eigenvalue weighted by molar-refractivity contribution is 0.0664. The van der Waals surface area contributed by atoms with Gasteiger partial charge < -0.3 is 9.80 Å². The molecule has 0 N–H and O–H groups in total. The molecule has 3 saturated heterocycles. The van der Waals surface area contributed by atoms with Crippen LogP contribution in [0.3, 0.4) is 0 Å². The van der Waals surface area contributed by atoms with Crippen LogP contribution in [-0.4, -0.2) is 65.9 Å². The van der Waals surface area contributed by atoms with Gasteiger partial charge in [-0.3, -0.25) is 9.69 Å². The molecule has 4 rings (SSSR count). The van der Waals surface area contributed by atoms with Crippen LogP contribution < -0.4 is 0 Å². The number of hydrogen-bond acceptors (Lipinski definition) is 3. The van der Waals surface area contributed by atoms with Gasteiger partial charge in [0.05, 0.1) is 0 Å². The van der Waals surface area contributed by atoms with E-state index in [4.69, 9.17) is 0 Å². The largest absolute Gasteiger partial charge is 0.334 e. The number of rotatable bonds is 4. The molecule has 0 unspecified atom stereocenters. The van der Waals surface area contributed by atoms with Crippen molar-refractivity contribution in [3.8, 4) is 0 Å². The summed E-state index contributed by atoms with van der Waals surface area (Å²) in [5.41, 5.74) is 2.16. The van der Waals surface area contributed by atoms with Gasteiger partial charge in [-0.15, -0.1) is 0 Å². The Bertz CT molecular complexity index is 611. The fourth-order valence-corrected chi connectivity index (χ4v) is 5.03. The van der Waals surface area contributed by atoms with Crippen LogP contribution in [0.5, 0.6) is 0 Å². The first kappa shape index (κ1) is 17.0. The monoisotopic (exact) mass is 341 g/mol. The minimum absolute atomic E-state index is 0.242. The second-order valence-corrected chi connectivity index (χ2v) is 8.08. The molecule has 1 aromatic rings. The highest BCUT2D eigenvalue weighted by molar-refractivity contribution is 5.94. The van der Waals surface area contributed by atoms with Gasteiger partial charge in [0.15, 0.2) is 0 Å². The zero-order valence-electron chi connectivity index (χ0n) is 15.5. The molecule has 3 fully saturated rings. The molecule has 1 amide bonds. The first-order chi connectivity index (χ1) is 12.2. The lowest BCUT2D eigenvalue weighted by Crippen LogP contribution is -2.47. The molecule has 3 heterocycles. The number of hydrogen-bond donors (Lipinski definition) is 0. The summed E-state index contributed by atoms with van der Waals surface area (Å²) in [6.07, 6.45) is 7.43. The van der Waals surface area contributed by atoms with E-state index in [-0.39, 0.29) is 5.91 Å². The van der Waals surface area contributed by atoms with Crippen LogP contribution in [0, 0.1) is 0 Å². The SMILES string of the molecule is CN1CCC[C@@H]1[C@H]1CCCN1C(=O)c1cccc(CN2CCCC2)c1. The minimum Gasteiger partial charge on any atom is -0.334 e. The molecular formula is C21H31N3O. The molecule has 25 heavy (non-hydrogen) atoms. The molecule has 4 nitrogen and oxygen atoms in total. The molecule has 3 aliphatic heterocycles. The van der Waals surface area contributed by atoms with Gasteiger partial charge in [0, 0.05) is 30.7 Å². The summed E-state index contributed by atoms with van der Waals surface area (Å²) >= 11 is 0. The van der Waals surface area contributed by atoms with Crippen LogP contribution in [0.4, 0.5) is 0 Å². The van der Waals surface area contributed by atoms with Crippen molar-refractivity contribution in [2.75, 3.05) is 33.2 Å². The zero-order valence-corrected chi connectivity index (χ0v) is 15.5. The number of likely N-dealkylation sites (N-methyl/N-ethyl adjacent to an activating group) is 1. The molecule has 0 spiro atoms. The van der Waals surface area contributed by atoms with Crippen molar-refractivity contribution in [1.29, 1.82) is 0 Å². The van der Waals surface area contributed by atoms with Crippen molar-refractivity contribution >= 4 is 5.91 Å². The molecule has 3 aliphatic rings. The third-order valence-corrected chi connectivity index (χ3v) is 6.36. The molecular weight excluding hydrogens is 310 g/mol. The second-order valence-electron chi connectivity index (χ2n) is 8.08. The van der Waals surface area contributed by atoms with E-state index in [1.807, 2.05) is 6.07 Å². The number of amides is 1. The topological polar surface area (TPSA) is 26.8 Å². The van der Waals surface area contributed by atoms with Crippen molar-refractivity contribution in [1.82, 2.24) is 14.7 Å². The van der Waals surface area contributed by atoms with E-state index in [9.17, 15) is 4.79 Å². The fourth-order valence-electron chi connectivity index (χ4n) is 5.03. The predicted molar refractivity (Wildman–Crippen MR) is 101 cm³/mol. The second kappa shape index (κ2) is 7.46. The molecule has 2 atom stereocenters. The van der Waals surface area contributed by atoms with Crippen LogP contribution in [0.2, 0.25) is 0 Å². The van der Waals surface area contributed by atoms with Gasteiger partial charge in [0.1, 0.15) is 0 Å². The average Bonchev–Trinajstić information content (AvgIpc) is 3.35. The van der Waals surface area contributed by atoms with E-state index in [0.29, 0.717) is 12.1 Å². The zero-order chi connectivity index (χ0) is 17.2. The van der Waals surface area contributed by atoms with Crippen LogP contribution in [0.1, 0.15) is 54.4 Å². The molecule has 136 valence electrons. The van der Waals surface area contributed by atoms with Gasteiger partial charge in [-0.1, -0.05) is 12.1 Å². The van der Waals surface area contributed by atoms with Gasteiger partial charge >= 0.3 is 0 Å². The molecule has 0 aromatic heterocycles. The summed E-state index contributed by atoms with van der Waals surface area (Å²) in [6, 6.07) is 9.33. The first-order valence-corrected chi connectivity index (χ1v) is 10.0. The van der Waals surface area contributed by atoms with Crippen LogP contribution >= 0.6 is 0 Å². The number of carbonyl (C=O) groups is 1. The first-order valence-electron chi connectivity index (χ1n) is 10.0. The van der Waals surface area contributed by atoms with Crippen molar-refractivity contribution in [3.63, 3.8) is 0 Å². The Morgan fingerprint density at radius 2 is 1.76 bits per heavy atom. The lowest BCUT2D eigenvalue weighted by atomic mass is 10.0. The van der Waals surface area contributed by atoms with E-state index in [0.717, 1.165) is 31.5 Å². The predicted octanol–water partition coefficient (Wildman–Crippen LogP) is 2.98. The Balaban J connectivity index is 1.47. The fraction of sp³-hybridized carbons (Fsp3) is 0.667. The number of benzene rings is 1. The summed E-state index contributed by atoms with van der Waals surface area (Å²) in [5, 5.41) is 0. The third-order valence-electron chi connectivity index (χ3n) is 6.36. The molecule has 0 saturated carbocycles. The molecule has 4 heteroatoms. The van der Waals surface area contributed by atoms with Crippen LogP contribution in [-0.2, 0) is 6.54 Å². The van der Waals surface area contributed by atoms with Crippen molar-refractivity contribution < 1.29 is 4.79 Å². The van der Waals surface area contributed by atoms with E-state index in [1.165, 1.54) is 50.9 Å². The lowest BCUT2D eigenvalue weighted by Gasteiger charge is -2.33. The Morgan fingerprint density at radius 1 is 1.00 bits per heavy atom. The number of nitrogens with zero attached hydrogens (tertiary/aromatic N) is 3. The summed E-state index contributed by atoms with van der Waals surface area (Å²) in [5.74, 6) is 0.242. The number of likely N-dealkylation sites (tertiary alicyclic amines) is 3. The maximum absolute atomic E-state index is 13.2. The number of carbonyl (C=O) groups excluding carboxylic acids is 1. The van der Waals surface area contributed by atoms with Gasteiger partial charge in [-0.05, 0) is 82.9 Å². The van der Waals surface area contributed by atoms with Gasteiger partial charge in [0.2, 0.25) is 0 Å².